The minimum Gasteiger partial charge on any atom is -0.457 e. The quantitative estimate of drug-likeness (QED) is 0.209. The number of rotatable bonds is 5. The molecule has 5 aromatic rings. The number of hydrogen-bond acceptors (Lipinski definition) is 6. The van der Waals surface area contributed by atoms with Gasteiger partial charge in [0, 0.05) is 36.5 Å². The SMILES string of the molecule is CC(=O)N1/C(=C/c2cc(-c3ccc(Oc4ccccc4)cc3)c3cc(C(=O)N4CCOCC4)ccc3n2)C(=O)c2ccccc21. The van der Waals surface area contributed by atoms with E-state index in [2.05, 4.69) is 0 Å². The first-order valence-electron chi connectivity index (χ1n) is 14.8. The summed E-state index contributed by atoms with van der Waals surface area (Å²) in [5.41, 5.74) is 4.70. The van der Waals surface area contributed by atoms with E-state index in [-0.39, 0.29) is 23.3 Å². The van der Waals surface area contributed by atoms with Crippen molar-refractivity contribution in [1.29, 1.82) is 0 Å². The van der Waals surface area contributed by atoms with Crippen molar-refractivity contribution in [2.24, 2.45) is 0 Å². The molecular formula is C37H29N3O5. The summed E-state index contributed by atoms with van der Waals surface area (Å²) in [7, 11) is 0. The first kappa shape index (κ1) is 28.2. The van der Waals surface area contributed by atoms with E-state index >= 15 is 0 Å². The normalized spacial score (nSPS) is 15.4. The Kier molecular flexibility index (Phi) is 7.41. The van der Waals surface area contributed by atoms with Crippen LogP contribution in [0.1, 0.15) is 33.3 Å². The van der Waals surface area contributed by atoms with Crippen LogP contribution in [-0.4, -0.2) is 53.8 Å². The Bertz CT molecular complexity index is 1980. The topological polar surface area (TPSA) is 89.0 Å². The molecule has 4 aromatic carbocycles. The molecule has 8 nitrogen and oxygen atoms in total. The van der Waals surface area contributed by atoms with E-state index in [0.29, 0.717) is 60.1 Å². The van der Waals surface area contributed by atoms with Crippen molar-refractivity contribution in [3.8, 4) is 22.6 Å². The molecule has 3 heterocycles. The van der Waals surface area contributed by atoms with E-state index in [1.165, 1.54) is 11.8 Å². The predicted molar refractivity (Wildman–Crippen MR) is 172 cm³/mol. The van der Waals surface area contributed by atoms with Crippen LogP contribution in [0.3, 0.4) is 0 Å². The van der Waals surface area contributed by atoms with Gasteiger partial charge in [-0.25, -0.2) is 4.98 Å². The number of anilines is 1. The number of allylic oxidation sites excluding steroid dienone is 1. The van der Waals surface area contributed by atoms with Crippen LogP contribution in [0.15, 0.2) is 109 Å². The number of benzene rings is 4. The number of aromatic nitrogens is 1. The van der Waals surface area contributed by atoms with Crippen molar-refractivity contribution in [3.63, 3.8) is 0 Å². The van der Waals surface area contributed by atoms with Crippen LogP contribution in [0, 0.1) is 0 Å². The Morgan fingerprint density at radius 1 is 0.822 bits per heavy atom. The van der Waals surface area contributed by atoms with Gasteiger partial charge in [-0.15, -0.1) is 0 Å². The minimum atomic E-state index is -0.263. The molecule has 7 rings (SSSR count). The summed E-state index contributed by atoms with van der Waals surface area (Å²) in [6.45, 7) is 3.55. The van der Waals surface area contributed by atoms with Gasteiger partial charge in [0.1, 0.15) is 11.5 Å². The van der Waals surface area contributed by atoms with Crippen LogP contribution < -0.4 is 9.64 Å². The van der Waals surface area contributed by atoms with Gasteiger partial charge in [-0.1, -0.05) is 42.5 Å². The largest absolute Gasteiger partial charge is 0.457 e. The molecule has 0 spiro atoms. The van der Waals surface area contributed by atoms with Crippen molar-refractivity contribution in [3.05, 3.63) is 126 Å². The third kappa shape index (κ3) is 5.47. The molecule has 1 saturated heterocycles. The highest BCUT2D eigenvalue weighted by atomic mass is 16.5. The Labute approximate surface area is 260 Å². The van der Waals surface area contributed by atoms with Crippen LogP contribution in [0.25, 0.3) is 28.1 Å². The molecule has 0 unspecified atom stereocenters. The van der Waals surface area contributed by atoms with Gasteiger partial charge in [-0.2, -0.15) is 0 Å². The summed E-state index contributed by atoms with van der Waals surface area (Å²) < 4.78 is 11.4. The van der Waals surface area contributed by atoms with E-state index in [9.17, 15) is 14.4 Å². The molecule has 0 radical (unpaired) electrons. The second-order valence-electron chi connectivity index (χ2n) is 10.9. The van der Waals surface area contributed by atoms with E-state index in [0.717, 1.165) is 22.3 Å². The number of amides is 2. The molecule has 0 saturated carbocycles. The van der Waals surface area contributed by atoms with Crippen LogP contribution in [-0.2, 0) is 9.53 Å². The molecule has 2 aliphatic heterocycles. The molecule has 1 fully saturated rings. The van der Waals surface area contributed by atoms with Crippen LogP contribution >= 0.6 is 0 Å². The Morgan fingerprint density at radius 2 is 1.53 bits per heavy atom. The molecule has 0 N–H and O–H groups in total. The lowest BCUT2D eigenvalue weighted by Gasteiger charge is -2.27. The average Bonchev–Trinajstić information content (AvgIpc) is 3.36. The second-order valence-corrected chi connectivity index (χ2v) is 10.9. The fourth-order valence-electron chi connectivity index (χ4n) is 5.81. The number of para-hydroxylation sites is 2. The number of hydrogen-bond donors (Lipinski definition) is 0. The first-order chi connectivity index (χ1) is 22.0. The maximum atomic E-state index is 13.4. The molecular weight excluding hydrogens is 566 g/mol. The summed E-state index contributed by atoms with van der Waals surface area (Å²) in [5, 5.41) is 0.789. The number of carbonyl (C=O) groups excluding carboxylic acids is 3. The molecule has 0 bridgehead atoms. The lowest BCUT2D eigenvalue weighted by molar-refractivity contribution is -0.116. The zero-order valence-corrected chi connectivity index (χ0v) is 24.6. The fourth-order valence-corrected chi connectivity index (χ4v) is 5.81. The maximum Gasteiger partial charge on any atom is 0.254 e. The zero-order chi connectivity index (χ0) is 30.9. The highest BCUT2D eigenvalue weighted by Gasteiger charge is 2.34. The number of carbonyl (C=O) groups is 3. The molecule has 2 amide bonds. The van der Waals surface area contributed by atoms with Crippen molar-refractivity contribution >= 4 is 40.3 Å². The lowest BCUT2D eigenvalue weighted by atomic mass is 9.97. The second kappa shape index (κ2) is 11.8. The Balaban J connectivity index is 1.33. The van der Waals surface area contributed by atoms with Gasteiger partial charge in [0.05, 0.1) is 35.8 Å². The van der Waals surface area contributed by atoms with E-state index < -0.39 is 0 Å². The summed E-state index contributed by atoms with van der Waals surface area (Å²) in [5.74, 6) is 0.853. The van der Waals surface area contributed by atoms with Gasteiger partial charge in [0.25, 0.3) is 5.91 Å². The highest BCUT2D eigenvalue weighted by molar-refractivity contribution is 6.26. The number of fused-ring (bicyclic) bond motifs is 2. The Hall–Kier alpha value is -5.60. The average molecular weight is 596 g/mol. The highest BCUT2D eigenvalue weighted by Crippen LogP contribution is 2.37. The standard InChI is InChI=1S/C37H29N3O5/c1-24(41)40-34-10-6-5-9-30(34)36(42)35(40)23-27-22-31(25-11-14-29(15-12-25)45-28-7-3-2-4-8-28)32-21-26(13-16-33(32)38-27)37(43)39-17-19-44-20-18-39/h2-16,21-23H,17-20H2,1H3/b35-23+. The molecule has 45 heavy (non-hydrogen) atoms. The third-order valence-corrected chi connectivity index (χ3v) is 7.98. The van der Waals surface area contributed by atoms with Gasteiger partial charge in [-0.05, 0) is 77.9 Å². The number of morpholine rings is 1. The summed E-state index contributed by atoms with van der Waals surface area (Å²) in [6, 6.07) is 31.7. The molecule has 0 aliphatic carbocycles. The van der Waals surface area contributed by atoms with Crippen LogP contribution in [0.5, 0.6) is 11.5 Å². The molecule has 1 aromatic heterocycles. The fraction of sp³-hybridized carbons (Fsp3) is 0.135. The van der Waals surface area contributed by atoms with Crippen LogP contribution in [0.4, 0.5) is 5.69 Å². The van der Waals surface area contributed by atoms with Crippen molar-refractivity contribution in [1.82, 2.24) is 9.88 Å². The van der Waals surface area contributed by atoms with Gasteiger partial charge < -0.3 is 14.4 Å². The van der Waals surface area contributed by atoms with Crippen molar-refractivity contribution in [2.45, 2.75) is 6.92 Å². The maximum absolute atomic E-state index is 13.4. The Morgan fingerprint density at radius 3 is 2.29 bits per heavy atom. The number of ketones is 1. The third-order valence-electron chi connectivity index (χ3n) is 7.98. The van der Waals surface area contributed by atoms with E-state index in [1.807, 2.05) is 72.8 Å². The van der Waals surface area contributed by atoms with E-state index in [4.69, 9.17) is 14.5 Å². The monoisotopic (exact) mass is 595 g/mol. The summed E-state index contributed by atoms with van der Waals surface area (Å²) in [4.78, 5) is 47.6. The first-order valence-corrected chi connectivity index (χ1v) is 14.8. The summed E-state index contributed by atoms with van der Waals surface area (Å²) in [6.07, 6.45) is 1.66. The van der Waals surface area contributed by atoms with Gasteiger partial charge in [0.15, 0.2) is 0 Å². The lowest BCUT2D eigenvalue weighted by Crippen LogP contribution is -2.40. The number of pyridine rings is 1. The predicted octanol–water partition coefficient (Wildman–Crippen LogP) is 6.76. The smallest absolute Gasteiger partial charge is 0.254 e. The van der Waals surface area contributed by atoms with Crippen molar-refractivity contribution < 1.29 is 23.9 Å². The van der Waals surface area contributed by atoms with Gasteiger partial charge in [-0.3, -0.25) is 19.3 Å². The van der Waals surface area contributed by atoms with Gasteiger partial charge >= 0.3 is 0 Å². The van der Waals surface area contributed by atoms with E-state index in [1.54, 1.807) is 41.3 Å². The molecule has 2 aliphatic rings. The number of ether oxygens (including phenoxy) is 2. The number of nitrogens with zero attached hydrogens (tertiary/aromatic N) is 3. The van der Waals surface area contributed by atoms with Crippen molar-refractivity contribution in [2.75, 3.05) is 31.2 Å². The van der Waals surface area contributed by atoms with Gasteiger partial charge in [0.2, 0.25) is 11.7 Å². The number of Topliss-reactive ketones (excluding diaryl/α,β-unsaturated/α-hetero) is 1. The summed E-state index contributed by atoms with van der Waals surface area (Å²) >= 11 is 0. The molecule has 8 heteroatoms. The van der Waals surface area contributed by atoms with Crippen LogP contribution in [0.2, 0.25) is 0 Å². The molecule has 0 atom stereocenters. The minimum absolute atomic E-state index is 0.0598. The molecule has 222 valence electrons. The zero-order valence-electron chi connectivity index (χ0n) is 24.6.